The zero-order chi connectivity index (χ0) is 26.7. The van der Waals surface area contributed by atoms with E-state index in [-0.39, 0.29) is 28.3 Å². The van der Waals surface area contributed by atoms with Crippen molar-refractivity contribution in [1.82, 2.24) is 10.6 Å². The Morgan fingerprint density at radius 2 is 1.97 bits per heavy atom. The second-order valence-corrected chi connectivity index (χ2v) is 12.6. The van der Waals surface area contributed by atoms with Gasteiger partial charge in [-0.15, -0.1) is 0 Å². The van der Waals surface area contributed by atoms with Gasteiger partial charge in [-0.25, -0.2) is 4.39 Å². The maximum absolute atomic E-state index is 14.9. The number of fused-ring (bicyclic) bond motifs is 2. The molecule has 1 saturated carbocycles. The Hall–Kier alpha value is -2.19. The van der Waals surface area contributed by atoms with Gasteiger partial charge in [-0.1, -0.05) is 56.1 Å². The molecule has 0 aromatic heterocycles. The largest absolute Gasteiger partial charge is 0.393 e. The predicted molar refractivity (Wildman–Crippen MR) is 142 cm³/mol. The van der Waals surface area contributed by atoms with E-state index in [0.717, 1.165) is 0 Å². The van der Waals surface area contributed by atoms with Crippen LogP contribution in [0.4, 0.5) is 10.1 Å². The standard InChI is InChI=1S/C28H32Cl2FN3O3/c1-27(2,3)13-22-28(18-11-20(31)19(30)12-21(18)33-26(28)37)23(14-5-4-6-15(29)9-14)24(34-22)25(36)32-16-7-8-17(35)10-16/h4-6,9,11-12,16-17,22-24,34-35H,7-8,10,13H2,1-3H3,(H,32,36)(H,33,37)/t16?,17-,22-,23+,24-,28+/m1/s1. The molecule has 1 spiro atoms. The average molecular weight is 548 g/mol. The van der Waals surface area contributed by atoms with Gasteiger partial charge in [-0.2, -0.15) is 0 Å². The zero-order valence-electron chi connectivity index (χ0n) is 21.1. The van der Waals surface area contributed by atoms with Crippen LogP contribution in [0.5, 0.6) is 0 Å². The molecule has 9 heteroatoms. The van der Waals surface area contributed by atoms with Crippen molar-refractivity contribution in [2.24, 2.45) is 5.41 Å². The van der Waals surface area contributed by atoms with Gasteiger partial charge in [0.15, 0.2) is 0 Å². The van der Waals surface area contributed by atoms with Crippen LogP contribution >= 0.6 is 23.2 Å². The van der Waals surface area contributed by atoms with Gasteiger partial charge >= 0.3 is 0 Å². The molecule has 2 aliphatic heterocycles. The molecular formula is C28H32Cl2FN3O3. The molecule has 2 amide bonds. The zero-order valence-corrected chi connectivity index (χ0v) is 22.6. The number of carbonyl (C=O) groups is 2. The highest BCUT2D eigenvalue weighted by Gasteiger charge is 2.66. The number of carbonyl (C=O) groups excluding carboxylic acids is 2. The van der Waals surface area contributed by atoms with Crippen LogP contribution in [-0.2, 0) is 15.0 Å². The fourth-order valence-electron chi connectivity index (χ4n) is 6.51. The summed E-state index contributed by atoms with van der Waals surface area (Å²) in [6.07, 6.45) is 1.92. The minimum Gasteiger partial charge on any atom is -0.393 e. The van der Waals surface area contributed by atoms with Crippen LogP contribution in [-0.4, -0.2) is 41.2 Å². The lowest BCUT2D eigenvalue weighted by atomic mass is 9.62. The van der Waals surface area contributed by atoms with E-state index in [4.69, 9.17) is 23.2 Å². The number of aliphatic hydroxyl groups excluding tert-OH is 1. The van der Waals surface area contributed by atoms with Crippen molar-refractivity contribution in [3.8, 4) is 0 Å². The summed E-state index contributed by atoms with van der Waals surface area (Å²) < 4.78 is 14.9. The molecule has 6 atom stereocenters. The Balaban J connectivity index is 1.69. The van der Waals surface area contributed by atoms with E-state index in [1.807, 2.05) is 6.07 Å². The lowest BCUT2D eigenvalue weighted by molar-refractivity contribution is -0.124. The first kappa shape index (κ1) is 26.4. The van der Waals surface area contributed by atoms with Gasteiger partial charge in [0.05, 0.1) is 17.2 Å². The van der Waals surface area contributed by atoms with E-state index in [1.54, 1.807) is 18.2 Å². The molecule has 2 aromatic rings. The van der Waals surface area contributed by atoms with Crippen LogP contribution in [0.1, 0.15) is 63.5 Å². The van der Waals surface area contributed by atoms with Gasteiger partial charge < -0.3 is 21.1 Å². The molecule has 1 unspecified atom stereocenters. The van der Waals surface area contributed by atoms with Crippen molar-refractivity contribution in [1.29, 1.82) is 0 Å². The van der Waals surface area contributed by atoms with E-state index in [1.165, 1.54) is 12.1 Å². The summed E-state index contributed by atoms with van der Waals surface area (Å²) >= 11 is 12.5. The van der Waals surface area contributed by atoms with E-state index < -0.39 is 35.3 Å². The smallest absolute Gasteiger partial charge is 0.238 e. The number of benzene rings is 2. The monoisotopic (exact) mass is 547 g/mol. The highest BCUT2D eigenvalue weighted by molar-refractivity contribution is 6.31. The van der Waals surface area contributed by atoms with Crippen molar-refractivity contribution in [2.75, 3.05) is 5.32 Å². The molecule has 6 nitrogen and oxygen atoms in total. The first-order valence-electron chi connectivity index (χ1n) is 12.7. The molecule has 1 aliphatic carbocycles. The summed E-state index contributed by atoms with van der Waals surface area (Å²) in [5.41, 5.74) is 0.150. The quantitative estimate of drug-likeness (QED) is 0.437. The minimum atomic E-state index is -1.28. The Bertz CT molecular complexity index is 1250. The number of anilines is 1. The summed E-state index contributed by atoms with van der Waals surface area (Å²) in [7, 11) is 0. The SMILES string of the molecule is CC(C)(C)C[C@H]1N[C@@H](C(=O)NC2CC[C@@H](O)C2)[C@H](c2cccc(Cl)c2)[C@@]12C(=O)Nc1cc(Cl)c(F)cc12. The Kier molecular flexibility index (Phi) is 6.80. The van der Waals surface area contributed by atoms with Crippen LogP contribution in [0.3, 0.4) is 0 Å². The fraction of sp³-hybridized carbons (Fsp3) is 0.500. The molecule has 198 valence electrons. The first-order chi connectivity index (χ1) is 17.4. The molecule has 1 saturated heterocycles. The minimum absolute atomic E-state index is 0.0807. The number of amides is 2. The molecule has 2 aromatic carbocycles. The third-order valence-electron chi connectivity index (χ3n) is 7.94. The van der Waals surface area contributed by atoms with Crippen molar-refractivity contribution >= 4 is 40.7 Å². The molecule has 2 fully saturated rings. The fourth-order valence-corrected chi connectivity index (χ4v) is 6.88. The van der Waals surface area contributed by atoms with Crippen LogP contribution in [0.25, 0.3) is 0 Å². The van der Waals surface area contributed by atoms with Crippen LogP contribution in [0, 0.1) is 11.2 Å². The van der Waals surface area contributed by atoms with Crippen molar-refractivity contribution < 1.29 is 19.1 Å². The summed E-state index contributed by atoms with van der Waals surface area (Å²) in [6, 6.07) is 8.51. The predicted octanol–water partition coefficient (Wildman–Crippen LogP) is 4.91. The van der Waals surface area contributed by atoms with Gasteiger partial charge in [-0.05, 0) is 66.5 Å². The lowest BCUT2D eigenvalue weighted by Gasteiger charge is -2.37. The Labute approximate surface area is 226 Å². The normalized spacial score (nSPS) is 31.0. The first-order valence-corrected chi connectivity index (χ1v) is 13.5. The molecular weight excluding hydrogens is 516 g/mol. The van der Waals surface area contributed by atoms with Crippen molar-refractivity contribution in [2.45, 2.75) is 82.0 Å². The van der Waals surface area contributed by atoms with Gasteiger partial charge in [0.1, 0.15) is 11.2 Å². The molecule has 0 radical (unpaired) electrons. The summed E-state index contributed by atoms with van der Waals surface area (Å²) in [5.74, 6) is -1.85. The van der Waals surface area contributed by atoms with Crippen LogP contribution in [0.2, 0.25) is 10.0 Å². The number of halogens is 3. The maximum Gasteiger partial charge on any atom is 0.238 e. The van der Waals surface area contributed by atoms with E-state index in [2.05, 4.69) is 36.7 Å². The number of rotatable bonds is 4. The molecule has 0 bridgehead atoms. The highest BCUT2D eigenvalue weighted by Crippen LogP contribution is 2.57. The molecule has 3 aliphatic rings. The van der Waals surface area contributed by atoms with Gasteiger partial charge in [0.2, 0.25) is 11.8 Å². The molecule has 37 heavy (non-hydrogen) atoms. The Morgan fingerprint density at radius 3 is 2.62 bits per heavy atom. The number of aliphatic hydroxyl groups is 1. The summed E-state index contributed by atoms with van der Waals surface area (Å²) in [6.45, 7) is 6.21. The molecule has 4 N–H and O–H groups in total. The van der Waals surface area contributed by atoms with Crippen molar-refractivity contribution in [3.63, 3.8) is 0 Å². The Morgan fingerprint density at radius 1 is 1.22 bits per heavy atom. The molecule has 5 rings (SSSR count). The average Bonchev–Trinajstić information content (AvgIpc) is 3.43. The third-order valence-corrected chi connectivity index (χ3v) is 8.47. The second-order valence-electron chi connectivity index (χ2n) is 11.8. The van der Waals surface area contributed by atoms with E-state index in [0.29, 0.717) is 47.5 Å². The van der Waals surface area contributed by atoms with Gasteiger partial charge in [0.25, 0.3) is 0 Å². The maximum atomic E-state index is 14.9. The summed E-state index contributed by atoms with van der Waals surface area (Å²) in [5, 5.41) is 19.9. The van der Waals surface area contributed by atoms with E-state index >= 15 is 0 Å². The number of hydrogen-bond acceptors (Lipinski definition) is 4. The van der Waals surface area contributed by atoms with Gasteiger partial charge in [0, 0.05) is 28.7 Å². The lowest BCUT2D eigenvalue weighted by Crippen LogP contribution is -2.49. The van der Waals surface area contributed by atoms with Crippen LogP contribution < -0.4 is 16.0 Å². The van der Waals surface area contributed by atoms with Gasteiger partial charge in [-0.3, -0.25) is 9.59 Å². The summed E-state index contributed by atoms with van der Waals surface area (Å²) in [4.78, 5) is 27.9. The number of nitrogens with one attached hydrogen (secondary N) is 3. The topological polar surface area (TPSA) is 90.5 Å². The number of hydrogen-bond donors (Lipinski definition) is 4. The van der Waals surface area contributed by atoms with Crippen LogP contribution in [0.15, 0.2) is 36.4 Å². The molecule has 2 heterocycles. The highest BCUT2D eigenvalue weighted by atomic mass is 35.5. The second kappa shape index (κ2) is 9.53. The third kappa shape index (κ3) is 4.65. The van der Waals surface area contributed by atoms with E-state index in [9.17, 15) is 19.1 Å². The van der Waals surface area contributed by atoms with Crippen molar-refractivity contribution in [3.05, 3.63) is 63.4 Å².